The van der Waals surface area contributed by atoms with Gasteiger partial charge in [-0.05, 0) is 116 Å². The van der Waals surface area contributed by atoms with Gasteiger partial charge in [0.25, 0.3) is 0 Å². The molecule has 1 N–H and O–H groups in total. The highest BCUT2D eigenvalue weighted by Gasteiger charge is 2.16. The van der Waals surface area contributed by atoms with Crippen LogP contribution in [0.25, 0.3) is 0 Å². The zero-order chi connectivity index (χ0) is 64.7. The van der Waals surface area contributed by atoms with Crippen molar-refractivity contribution in [3.63, 3.8) is 0 Å². The number of aliphatic hydroxyl groups excluding tert-OH is 1. The van der Waals surface area contributed by atoms with Gasteiger partial charge in [0.1, 0.15) is 6.61 Å². The Bertz CT molecular complexity index is 1850. The van der Waals surface area contributed by atoms with Crippen LogP contribution in [-0.2, 0) is 19.1 Å². The molecule has 1 atom stereocenters. The summed E-state index contributed by atoms with van der Waals surface area (Å²) in [5.74, 6) is -0.579. The number of ether oxygens (including phenoxy) is 2. The summed E-state index contributed by atoms with van der Waals surface area (Å²) in [5, 5.41) is 9.73. The first-order valence-electron chi connectivity index (χ1n) is 38.4. The van der Waals surface area contributed by atoms with Crippen LogP contribution < -0.4 is 0 Å². The van der Waals surface area contributed by atoms with Crippen LogP contribution in [-0.4, -0.2) is 36.4 Å². The molecule has 5 heteroatoms. The van der Waals surface area contributed by atoms with Crippen LogP contribution in [0.5, 0.6) is 0 Å². The first-order chi connectivity index (χ1) is 44.6. The quantitative estimate of drug-likeness (QED) is 0.0373. The van der Waals surface area contributed by atoms with Crippen molar-refractivity contribution in [2.24, 2.45) is 0 Å². The number of esters is 2. The summed E-state index contributed by atoms with van der Waals surface area (Å²) in [6.45, 7) is 3.94. The minimum atomic E-state index is -0.778. The Kier molecular flexibility index (Phi) is 75.3. The highest BCUT2D eigenvalue weighted by molar-refractivity contribution is 5.70. The van der Waals surface area contributed by atoms with Crippen LogP contribution >= 0.6 is 0 Å². The van der Waals surface area contributed by atoms with Crippen LogP contribution in [0.15, 0.2) is 146 Å². The summed E-state index contributed by atoms with van der Waals surface area (Å²) in [4.78, 5) is 24.7. The van der Waals surface area contributed by atoms with E-state index in [1.807, 2.05) is 0 Å². The fourth-order valence-electron chi connectivity index (χ4n) is 11.0. The molecule has 1 unspecified atom stereocenters. The van der Waals surface area contributed by atoms with Gasteiger partial charge in [0.05, 0.1) is 6.61 Å². The first kappa shape index (κ1) is 85.8. The van der Waals surface area contributed by atoms with Crippen LogP contribution in [0.4, 0.5) is 0 Å². The first-order valence-corrected chi connectivity index (χ1v) is 38.4. The summed E-state index contributed by atoms with van der Waals surface area (Å²) in [6, 6.07) is 0. The Morgan fingerprint density at radius 2 is 0.444 bits per heavy atom. The predicted molar refractivity (Wildman–Crippen MR) is 398 cm³/mol. The smallest absolute Gasteiger partial charge is 0.306 e. The highest BCUT2D eigenvalue weighted by Crippen LogP contribution is 2.18. The molecular weight excluding hydrogens is 1100 g/mol. The van der Waals surface area contributed by atoms with Crippen molar-refractivity contribution in [3.05, 3.63) is 146 Å². The molecule has 0 aromatic rings. The predicted octanol–water partition coefficient (Wildman–Crippen LogP) is 27.2. The van der Waals surface area contributed by atoms with Gasteiger partial charge in [0.2, 0.25) is 0 Å². The third-order valence-electron chi connectivity index (χ3n) is 16.6. The van der Waals surface area contributed by atoms with Crippen molar-refractivity contribution in [1.29, 1.82) is 0 Å². The maximum absolute atomic E-state index is 12.4. The number of rotatable bonds is 70. The Morgan fingerprint density at radius 1 is 0.256 bits per heavy atom. The van der Waals surface area contributed by atoms with Gasteiger partial charge in [-0.1, -0.05) is 378 Å². The van der Waals surface area contributed by atoms with Gasteiger partial charge in [0, 0.05) is 12.8 Å². The number of aliphatic hydroxyl groups is 1. The van der Waals surface area contributed by atoms with E-state index in [0.717, 1.165) is 116 Å². The normalized spacial score (nSPS) is 13.1. The molecule has 0 aliphatic heterocycles. The number of carbonyl (C=O) groups excluding carboxylic acids is 2. The fourth-order valence-corrected chi connectivity index (χ4v) is 11.0. The lowest BCUT2D eigenvalue weighted by atomic mass is 10.0. The molecular formula is C85H144O5. The van der Waals surface area contributed by atoms with Gasteiger partial charge >= 0.3 is 11.9 Å². The lowest BCUT2D eigenvalue weighted by Crippen LogP contribution is -2.28. The van der Waals surface area contributed by atoms with Crippen molar-refractivity contribution in [2.75, 3.05) is 13.2 Å². The molecule has 0 amide bonds. The molecule has 0 aromatic heterocycles. The second-order valence-electron chi connectivity index (χ2n) is 25.3. The zero-order valence-corrected chi connectivity index (χ0v) is 59.1. The van der Waals surface area contributed by atoms with Gasteiger partial charge in [-0.25, -0.2) is 0 Å². The van der Waals surface area contributed by atoms with E-state index in [-0.39, 0.29) is 25.2 Å². The molecule has 514 valence electrons. The lowest BCUT2D eigenvalue weighted by molar-refractivity contribution is -0.161. The van der Waals surface area contributed by atoms with E-state index in [0.29, 0.717) is 12.8 Å². The van der Waals surface area contributed by atoms with Crippen molar-refractivity contribution in [2.45, 2.75) is 367 Å². The largest absolute Gasteiger partial charge is 0.462 e. The number of unbranched alkanes of at least 4 members (excludes halogenated alkanes) is 38. The van der Waals surface area contributed by atoms with Gasteiger partial charge in [-0.2, -0.15) is 0 Å². The molecule has 0 aromatic carbocycles. The summed E-state index contributed by atoms with van der Waals surface area (Å²) < 4.78 is 10.8. The molecule has 0 fully saturated rings. The van der Waals surface area contributed by atoms with E-state index in [4.69, 9.17) is 9.47 Å². The Balaban J connectivity index is 3.44. The van der Waals surface area contributed by atoms with Crippen molar-refractivity contribution < 1.29 is 24.2 Å². The SMILES string of the molecule is CC/C=C\C/C=C\C/C=C\C/C=C\C/C=C\C/C=C\CCCCCCCCCCCCCCCCCCCCCCCCC(=O)OC(CO)COC(=O)CCCCCCCCCCCCCCCCCC/C=C\C/C=C\C/C=C\C/C=C\C/C=C\C/C=C\CC. The van der Waals surface area contributed by atoms with Gasteiger partial charge in [0.15, 0.2) is 6.10 Å². The minimum absolute atomic E-state index is 0.0670. The number of hydrogen-bond donors (Lipinski definition) is 1. The van der Waals surface area contributed by atoms with Crippen LogP contribution in [0, 0.1) is 0 Å². The second-order valence-corrected chi connectivity index (χ2v) is 25.3. The maximum atomic E-state index is 12.4. The van der Waals surface area contributed by atoms with Crippen LogP contribution in [0.1, 0.15) is 361 Å². The standard InChI is InChI=1S/C85H144O5/c1-3-5-7-9-11-13-15-17-19-21-23-25-27-29-31-33-35-37-39-40-41-42-43-44-46-48-50-52-54-56-58-60-62-64-66-68-70-72-74-76-78-80-85(88)90-83(81-86)82-89-84(87)79-77-75-73-71-69-67-65-63-61-59-57-55-53-51-49-47-45-38-36-34-32-30-28-26-24-22-20-18-16-14-12-10-8-6-4-2/h5-8,11-14,17-20,23-26,29-32,35-38,83,86H,3-4,9-10,15-16,21-22,27-28,33-34,39-82H2,1-2H3/b7-5-,8-6-,13-11-,14-12-,19-17-,20-18-,25-23-,26-24-,31-29-,32-30-,37-35-,38-36-. The van der Waals surface area contributed by atoms with Crippen LogP contribution in [0.2, 0.25) is 0 Å². The van der Waals surface area contributed by atoms with E-state index in [2.05, 4.69) is 160 Å². The van der Waals surface area contributed by atoms with Gasteiger partial charge in [-0.3, -0.25) is 9.59 Å². The van der Waals surface area contributed by atoms with E-state index in [1.165, 1.54) is 218 Å². The van der Waals surface area contributed by atoms with Crippen molar-refractivity contribution >= 4 is 11.9 Å². The Labute approximate surface area is 558 Å². The minimum Gasteiger partial charge on any atom is -0.462 e. The fraction of sp³-hybridized carbons (Fsp3) is 0.694. The molecule has 0 aliphatic rings. The summed E-state index contributed by atoms with van der Waals surface area (Å²) in [5.41, 5.74) is 0. The van der Waals surface area contributed by atoms with Gasteiger partial charge < -0.3 is 14.6 Å². The lowest BCUT2D eigenvalue weighted by Gasteiger charge is -2.15. The molecule has 0 bridgehead atoms. The monoisotopic (exact) mass is 1250 g/mol. The zero-order valence-electron chi connectivity index (χ0n) is 59.1. The van der Waals surface area contributed by atoms with Crippen molar-refractivity contribution in [1.82, 2.24) is 0 Å². The Morgan fingerprint density at radius 3 is 0.667 bits per heavy atom. The van der Waals surface area contributed by atoms with Crippen LogP contribution in [0.3, 0.4) is 0 Å². The molecule has 0 heterocycles. The molecule has 0 radical (unpaired) electrons. The maximum Gasteiger partial charge on any atom is 0.306 e. The van der Waals surface area contributed by atoms with Gasteiger partial charge in [-0.15, -0.1) is 0 Å². The molecule has 0 spiro atoms. The number of allylic oxidation sites excluding steroid dienone is 24. The summed E-state index contributed by atoms with van der Waals surface area (Å²) >= 11 is 0. The molecule has 0 aliphatic carbocycles. The molecule has 0 rings (SSSR count). The number of carbonyl (C=O) groups is 2. The molecule has 90 heavy (non-hydrogen) atoms. The molecule has 0 saturated heterocycles. The summed E-state index contributed by atoms with van der Waals surface area (Å²) in [6.07, 6.45) is 119. The Hall–Kier alpha value is -4.22. The topological polar surface area (TPSA) is 72.8 Å². The average Bonchev–Trinajstić information content (AvgIpc) is 3.60. The van der Waals surface area contributed by atoms with E-state index >= 15 is 0 Å². The number of hydrogen-bond acceptors (Lipinski definition) is 5. The third-order valence-corrected chi connectivity index (χ3v) is 16.6. The third kappa shape index (κ3) is 76.2. The average molecular weight is 1250 g/mol. The molecule has 0 saturated carbocycles. The highest BCUT2D eigenvalue weighted by atomic mass is 16.6. The van der Waals surface area contributed by atoms with E-state index in [1.54, 1.807) is 0 Å². The van der Waals surface area contributed by atoms with E-state index < -0.39 is 6.10 Å². The molecule has 5 nitrogen and oxygen atoms in total. The van der Waals surface area contributed by atoms with E-state index in [9.17, 15) is 14.7 Å². The van der Waals surface area contributed by atoms with Crippen molar-refractivity contribution in [3.8, 4) is 0 Å². The summed E-state index contributed by atoms with van der Waals surface area (Å²) in [7, 11) is 0. The second kappa shape index (κ2) is 79.0.